The Bertz CT molecular complexity index is 520. The Morgan fingerprint density at radius 1 is 1.33 bits per heavy atom. The lowest BCUT2D eigenvalue weighted by atomic mass is 9.79. The van der Waals surface area contributed by atoms with E-state index in [9.17, 15) is 4.79 Å². The predicted octanol–water partition coefficient (Wildman–Crippen LogP) is 1.54. The van der Waals surface area contributed by atoms with Gasteiger partial charge in [0.15, 0.2) is 6.17 Å². The maximum absolute atomic E-state index is 12.1. The van der Waals surface area contributed by atoms with E-state index >= 15 is 0 Å². The molecule has 0 unspecified atom stereocenters. The van der Waals surface area contributed by atoms with Gasteiger partial charge in [0.25, 0.3) is 5.91 Å². The maximum atomic E-state index is 12.1. The topological polar surface area (TPSA) is 58.7 Å². The Hall–Kier alpha value is -1.68. The van der Waals surface area contributed by atoms with Gasteiger partial charge < -0.3 is 10.6 Å². The normalized spacial score (nSPS) is 24.1. The molecule has 4 nitrogen and oxygen atoms in total. The van der Waals surface area contributed by atoms with Gasteiger partial charge in [-0.15, -0.1) is 0 Å². The molecule has 2 aliphatic rings. The van der Waals surface area contributed by atoms with Crippen LogP contribution in [0.5, 0.6) is 0 Å². The molecular weight excluding hydrogens is 226 g/mol. The number of nitrogens with two attached hydrogens (primary N) is 1. The Balaban J connectivity index is 2.14. The van der Waals surface area contributed by atoms with Crippen molar-refractivity contribution in [1.29, 1.82) is 0 Å². The smallest absolute Gasteiger partial charge is 0.266 e. The molecule has 3 rings (SSSR count). The van der Waals surface area contributed by atoms with E-state index in [1.807, 2.05) is 24.3 Å². The average molecular weight is 243 g/mol. The Labute approximate surface area is 106 Å². The molecule has 1 heterocycles. The molecule has 1 aliphatic carbocycles. The van der Waals surface area contributed by atoms with Gasteiger partial charge in [-0.3, -0.25) is 9.79 Å². The molecule has 18 heavy (non-hydrogen) atoms. The van der Waals surface area contributed by atoms with Gasteiger partial charge in [0.05, 0.1) is 5.69 Å². The molecule has 1 amide bonds. The van der Waals surface area contributed by atoms with E-state index in [1.54, 1.807) is 11.9 Å². The van der Waals surface area contributed by atoms with Gasteiger partial charge in [-0.05, 0) is 18.9 Å². The first-order valence-electron chi connectivity index (χ1n) is 6.38. The largest absolute Gasteiger partial charge is 0.312 e. The first-order valence-corrected chi connectivity index (χ1v) is 6.38. The number of rotatable bonds is 1. The summed E-state index contributed by atoms with van der Waals surface area (Å²) in [4.78, 5) is 18.2. The first-order chi connectivity index (χ1) is 8.68. The van der Waals surface area contributed by atoms with Crippen molar-refractivity contribution in [1.82, 2.24) is 0 Å². The number of amides is 1. The van der Waals surface area contributed by atoms with Gasteiger partial charge >= 0.3 is 0 Å². The molecule has 1 saturated carbocycles. The number of hydrogen-bond acceptors (Lipinski definition) is 3. The molecular formula is C14H17N3O. The van der Waals surface area contributed by atoms with E-state index in [2.05, 4.69) is 4.99 Å². The highest BCUT2D eigenvalue weighted by molar-refractivity contribution is 6.13. The fourth-order valence-electron chi connectivity index (χ4n) is 2.58. The Kier molecular flexibility index (Phi) is 2.67. The zero-order valence-corrected chi connectivity index (χ0v) is 10.5. The van der Waals surface area contributed by atoms with E-state index in [0.717, 1.165) is 29.8 Å². The van der Waals surface area contributed by atoms with Crippen molar-refractivity contribution in [2.45, 2.75) is 25.4 Å². The highest BCUT2D eigenvalue weighted by Gasteiger charge is 2.32. The van der Waals surface area contributed by atoms with E-state index in [0.29, 0.717) is 5.92 Å². The van der Waals surface area contributed by atoms with Crippen LogP contribution in [-0.2, 0) is 4.79 Å². The van der Waals surface area contributed by atoms with Crippen molar-refractivity contribution in [3.63, 3.8) is 0 Å². The third-order valence-corrected chi connectivity index (χ3v) is 3.89. The molecule has 2 N–H and O–H groups in total. The van der Waals surface area contributed by atoms with Crippen molar-refractivity contribution in [3.8, 4) is 0 Å². The lowest BCUT2D eigenvalue weighted by Crippen LogP contribution is -2.40. The van der Waals surface area contributed by atoms with E-state index in [1.165, 1.54) is 6.42 Å². The quantitative estimate of drug-likeness (QED) is 0.813. The molecule has 1 aromatic rings. The molecule has 1 aromatic carbocycles. The number of benzene rings is 1. The number of carbonyl (C=O) groups excluding carboxylic acids is 1. The Morgan fingerprint density at radius 3 is 2.72 bits per heavy atom. The van der Waals surface area contributed by atoms with Gasteiger partial charge in [-0.2, -0.15) is 0 Å². The number of fused-ring (bicyclic) bond motifs is 1. The second-order valence-electron chi connectivity index (χ2n) is 5.00. The van der Waals surface area contributed by atoms with Crippen molar-refractivity contribution in [3.05, 3.63) is 29.8 Å². The van der Waals surface area contributed by atoms with E-state index in [4.69, 9.17) is 5.73 Å². The van der Waals surface area contributed by atoms with Crippen LogP contribution in [-0.4, -0.2) is 24.8 Å². The van der Waals surface area contributed by atoms with Gasteiger partial charge in [-0.1, -0.05) is 24.6 Å². The van der Waals surface area contributed by atoms with Gasteiger partial charge in [-0.25, -0.2) is 0 Å². The summed E-state index contributed by atoms with van der Waals surface area (Å²) >= 11 is 0. The van der Waals surface area contributed by atoms with Crippen molar-refractivity contribution >= 4 is 17.3 Å². The number of aliphatic imine (C=N–C) groups is 1. The molecule has 1 atom stereocenters. The van der Waals surface area contributed by atoms with Crippen LogP contribution in [0.15, 0.2) is 29.3 Å². The summed E-state index contributed by atoms with van der Waals surface area (Å²) in [5.41, 5.74) is 8.87. The first kappa shape index (κ1) is 11.4. The fraction of sp³-hybridized carbons (Fsp3) is 0.429. The third kappa shape index (κ3) is 1.64. The number of hydrogen-bond donors (Lipinski definition) is 1. The van der Waals surface area contributed by atoms with Crippen molar-refractivity contribution in [2.75, 3.05) is 11.9 Å². The summed E-state index contributed by atoms with van der Waals surface area (Å²) in [6.45, 7) is 0. The lowest BCUT2D eigenvalue weighted by Gasteiger charge is -2.28. The fourth-order valence-corrected chi connectivity index (χ4v) is 2.58. The molecule has 0 radical (unpaired) electrons. The van der Waals surface area contributed by atoms with Crippen LogP contribution in [0.4, 0.5) is 5.69 Å². The van der Waals surface area contributed by atoms with Crippen molar-refractivity contribution in [2.24, 2.45) is 16.6 Å². The van der Waals surface area contributed by atoms with Crippen LogP contribution in [0.3, 0.4) is 0 Å². The molecule has 0 aromatic heterocycles. The number of anilines is 1. The summed E-state index contributed by atoms with van der Waals surface area (Å²) in [5, 5.41) is 0. The minimum Gasteiger partial charge on any atom is -0.312 e. The molecule has 1 fully saturated rings. The number of likely N-dealkylation sites (N-methyl/N-ethyl adjacent to an activating group) is 1. The van der Waals surface area contributed by atoms with Crippen LogP contribution in [0.2, 0.25) is 0 Å². The van der Waals surface area contributed by atoms with Crippen LogP contribution >= 0.6 is 0 Å². The van der Waals surface area contributed by atoms with Crippen LogP contribution < -0.4 is 10.6 Å². The highest BCUT2D eigenvalue weighted by Crippen LogP contribution is 2.35. The number of nitrogens with zero attached hydrogens (tertiary/aromatic N) is 2. The summed E-state index contributed by atoms with van der Waals surface area (Å²) in [6, 6.07) is 7.92. The van der Waals surface area contributed by atoms with E-state index in [-0.39, 0.29) is 5.91 Å². The second-order valence-corrected chi connectivity index (χ2v) is 5.00. The lowest BCUT2D eigenvalue weighted by molar-refractivity contribution is -0.119. The minimum atomic E-state index is -0.766. The molecule has 94 valence electrons. The third-order valence-electron chi connectivity index (χ3n) is 3.89. The maximum Gasteiger partial charge on any atom is 0.266 e. The standard InChI is InChI=1S/C14H17N3O/c1-17-11-8-3-2-7-10(11)12(9-5-4-6-9)16-13(15)14(17)18/h2-3,7-9,13H,4-6,15H2,1H3/t13-/m1/s1. The van der Waals surface area contributed by atoms with Gasteiger partial charge in [0.1, 0.15) is 0 Å². The SMILES string of the molecule is CN1C(=O)[C@H](N)N=C(C2CCC2)c2ccccc21. The summed E-state index contributed by atoms with van der Waals surface area (Å²) < 4.78 is 0. The predicted molar refractivity (Wildman–Crippen MR) is 71.7 cm³/mol. The monoisotopic (exact) mass is 243 g/mol. The van der Waals surface area contributed by atoms with Crippen LogP contribution in [0.25, 0.3) is 0 Å². The summed E-state index contributed by atoms with van der Waals surface area (Å²) in [6.07, 6.45) is 2.78. The van der Waals surface area contributed by atoms with Gasteiger partial charge in [0, 0.05) is 24.2 Å². The molecule has 0 spiro atoms. The zero-order valence-electron chi connectivity index (χ0n) is 10.5. The molecule has 1 aliphatic heterocycles. The minimum absolute atomic E-state index is 0.142. The van der Waals surface area contributed by atoms with Crippen LogP contribution in [0.1, 0.15) is 24.8 Å². The van der Waals surface area contributed by atoms with E-state index < -0.39 is 6.17 Å². The average Bonchev–Trinajstić information content (AvgIpc) is 2.41. The second kappa shape index (κ2) is 4.21. The summed E-state index contributed by atoms with van der Waals surface area (Å²) in [7, 11) is 1.76. The molecule has 0 bridgehead atoms. The van der Waals surface area contributed by atoms with Gasteiger partial charge in [0.2, 0.25) is 0 Å². The molecule has 0 saturated heterocycles. The number of carbonyl (C=O) groups is 1. The van der Waals surface area contributed by atoms with Crippen LogP contribution in [0, 0.1) is 5.92 Å². The number of benzodiazepines with no additional fused rings is 1. The Morgan fingerprint density at radius 2 is 2.06 bits per heavy atom. The van der Waals surface area contributed by atoms with Crippen molar-refractivity contribution < 1.29 is 4.79 Å². The number of para-hydroxylation sites is 1. The highest BCUT2D eigenvalue weighted by atomic mass is 16.2. The zero-order chi connectivity index (χ0) is 12.7. The molecule has 4 heteroatoms. The summed E-state index contributed by atoms with van der Waals surface area (Å²) in [5.74, 6) is 0.327.